The van der Waals surface area contributed by atoms with Crippen molar-refractivity contribution in [1.82, 2.24) is 19.4 Å². The Balaban J connectivity index is 0.00000517. The molecule has 4 heterocycles. The van der Waals surface area contributed by atoms with Crippen molar-refractivity contribution >= 4 is 33.2 Å². The Hall–Kier alpha value is -6.36. The summed E-state index contributed by atoms with van der Waals surface area (Å²) >= 11 is 0. The fourth-order valence-corrected chi connectivity index (χ4v) is 13.1. The van der Waals surface area contributed by atoms with Gasteiger partial charge in [0.2, 0.25) is 0 Å². The second-order valence-corrected chi connectivity index (χ2v) is 22.8. The Bertz CT molecular complexity index is 3340. The predicted molar refractivity (Wildman–Crippen MR) is 282 cm³/mol. The van der Waals surface area contributed by atoms with Gasteiger partial charge in [0.25, 0.3) is 0 Å². The van der Waals surface area contributed by atoms with E-state index >= 15 is 0 Å². The molecular weight excluding hydrogens is 1050 g/mol. The number of rotatable bonds is 8. The number of benzene rings is 6. The minimum absolute atomic E-state index is 0. The first kappa shape index (κ1) is 45.8. The minimum Gasteiger partial charge on any atom is -0.503 e. The molecule has 0 atom stereocenters. The van der Waals surface area contributed by atoms with E-state index in [0.717, 1.165) is 90.6 Å². The Morgan fingerprint density at radius 3 is 1.97 bits per heavy atom. The third-order valence-electron chi connectivity index (χ3n) is 16.0. The molecule has 2 aromatic heterocycles. The maximum Gasteiger partial charge on any atom is 0.184 e. The number of ether oxygens (including phenoxy) is 2. The van der Waals surface area contributed by atoms with Gasteiger partial charge in [0.15, 0.2) is 5.88 Å². The van der Waals surface area contributed by atoms with Crippen molar-refractivity contribution in [3.8, 4) is 39.6 Å². The molecule has 7 heteroatoms. The average Bonchev–Trinajstić information content (AvgIpc) is 4.04. The van der Waals surface area contributed by atoms with Gasteiger partial charge in [-0.3, -0.25) is 0 Å². The van der Waals surface area contributed by atoms with Crippen LogP contribution in [0.2, 0.25) is 0 Å². The predicted octanol–water partition coefficient (Wildman–Crippen LogP) is 15.9. The molecule has 0 spiro atoms. The Labute approximate surface area is 433 Å². The standard InChI is InChI=1S/C64H59N4O2.Pt/c1-62(2,3)47-27-28-65-58(34-47)68-55-26-23-48(64-36-41-29-42(37-64)31-43(30-41)38-64)33-54(55)53-25-24-50(35-56(53)68)70-49-20-13-19-46(32-49)57-39-69-61-60(67(40-66(57)61)63(4,5)6)59-51(44-15-9-7-10-16-44)21-14-22-52(59)45-17-11-8-12-18-45;/h7-28,33-34,39-43H,29-31,36-38H2,1-6H3;/q-3;. The van der Waals surface area contributed by atoms with E-state index in [9.17, 15) is 0 Å². The molecule has 0 amide bonds. The molecule has 4 fully saturated rings. The van der Waals surface area contributed by atoms with E-state index in [0.29, 0.717) is 16.9 Å². The zero-order chi connectivity index (χ0) is 47.5. The van der Waals surface area contributed by atoms with E-state index in [1.807, 2.05) is 24.6 Å². The van der Waals surface area contributed by atoms with Crippen LogP contribution in [0.25, 0.3) is 61.3 Å². The summed E-state index contributed by atoms with van der Waals surface area (Å²) in [7, 11) is 0. The number of fused-ring (bicyclic) bond motifs is 4. The van der Waals surface area contributed by atoms with Gasteiger partial charge in [0.1, 0.15) is 5.82 Å². The SMILES string of the molecule is CC(C)(C)c1ccnc(-n2c3[c-]c(Oc4[c-]c(C5=COC6=C(c7c(-c8ccccc8)cccc7-c7ccccc7)N(C(C)(C)C)[CH-]N56)ccc4)ccc3c3cc(C45CC6CC(CC(C6)C4)C5)ccc32)c1.[Pt]. The molecule has 0 unspecified atom stereocenters. The number of hydrogen-bond acceptors (Lipinski definition) is 5. The van der Waals surface area contributed by atoms with E-state index < -0.39 is 0 Å². The van der Waals surface area contributed by atoms with Crippen LogP contribution in [0.5, 0.6) is 11.5 Å². The van der Waals surface area contributed by atoms with Gasteiger partial charge in [-0.1, -0.05) is 123 Å². The van der Waals surface area contributed by atoms with Crippen LogP contribution in [0.4, 0.5) is 0 Å². The van der Waals surface area contributed by atoms with Gasteiger partial charge in [-0.15, -0.1) is 41.3 Å². The van der Waals surface area contributed by atoms with Crippen LogP contribution in [0.3, 0.4) is 0 Å². The number of nitrogens with zero attached hydrogens (tertiary/aromatic N) is 4. The molecule has 6 aromatic carbocycles. The summed E-state index contributed by atoms with van der Waals surface area (Å²) < 4.78 is 15.8. The van der Waals surface area contributed by atoms with E-state index in [2.05, 4.69) is 202 Å². The molecule has 6 aliphatic rings. The van der Waals surface area contributed by atoms with Crippen molar-refractivity contribution in [1.29, 1.82) is 0 Å². The van der Waals surface area contributed by atoms with Gasteiger partial charge in [-0.05, 0) is 151 Å². The maximum absolute atomic E-state index is 6.78. The third kappa shape index (κ3) is 7.84. The Morgan fingerprint density at radius 2 is 1.32 bits per heavy atom. The van der Waals surface area contributed by atoms with Gasteiger partial charge in [-0.25, -0.2) is 4.98 Å². The Kier molecular flexibility index (Phi) is 11.1. The molecule has 0 saturated heterocycles. The van der Waals surface area contributed by atoms with Crippen molar-refractivity contribution < 1.29 is 30.5 Å². The van der Waals surface area contributed by atoms with Crippen molar-refractivity contribution in [2.45, 2.75) is 96.4 Å². The summed E-state index contributed by atoms with van der Waals surface area (Å²) in [6, 6.07) is 57.4. The second kappa shape index (κ2) is 17.2. The zero-order valence-electron chi connectivity index (χ0n) is 41.4. The van der Waals surface area contributed by atoms with Gasteiger partial charge in [-0.2, -0.15) is 12.7 Å². The number of pyridine rings is 1. The van der Waals surface area contributed by atoms with Crippen LogP contribution in [0, 0.1) is 36.6 Å². The average molecular weight is 1110 g/mol. The van der Waals surface area contributed by atoms with Gasteiger partial charge in [0, 0.05) is 55.4 Å². The molecule has 14 rings (SSSR count). The fraction of sp³-hybridized carbons (Fsp3) is 0.281. The van der Waals surface area contributed by atoms with Crippen molar-refractivity contribution in [3.63, 3.8) is 0 Å². The summed E-state index contributed by atoms with van der Waals surface area (Å²) in [6.07, 6.45) is 12.1. The summed E-state index contributed by atoms with van der Waals surface area (Å²) in [5, 5.41) is 2.42. The molecule has 0 radical (unpaired) electrons. The van der Waals surface area contributed by atoms with Gasteiger partial charge < -0.3 is 23.8 Å². The quantitative estimate of drug-likeness (QED) is 0.142. The molecule has 6 nitrogen and oxygen atoms in total. The van der Waals surface area contributed by atoms with E-state index in [1.165, 1.54) is 55.0 Å². The zero-order valence-corrected chi connectivity index (χ0v) is 43.7. The maximum atomic E-state index is 6.78. The molecule has 4 bridgehead atoms. The molecule has 71 heavy (non-hydrogen) atoms. The van der Waals surface area contributed by atoms with Crippen molar-refractivity contribution in [3.05, 3.63) is 199 Å². The number of aromatic nitrogens is 2. The Morgan fingerprint density at radius 1 is 0.676 bits per heavy atom. The normalized spacial score (nSPS) is 21.4. The summed E-state index contributed by atoms with van der Waals surface area (Å²) in [6.45, 7) is 15.7. The van der Waals surface area contributed by atoms with Crippen LogP contribution in [0.15, 0.2) is 158 Å². The van der Waals surface area contributed by atoms with Crippen LogP contribution in [0.1, 0.15) is 102 Å². The third-order valence-corrected chi connectivity index (χ3v) is 16.0. The molecule has 8 aromatic rings. The fourth-order valence-electron chi connectivity index (χ4n) is 13.1. The molecular formula is C64H59N4O2Pt-3. The van der Waals surface area contributed by atoms with Crippen LogP contribution in [-0.2, 0) is 36.6 Å². The van der Waals surface area contributed by atoms with Crippen LogP contribution < -0.4 is 4.74 Å². The molecule has 4 aliphatic carbocycles. The van der Waals surface area contributed by atoms with Crippen molar-refractivity contribution in [2.75, 3.05) is 0 Å². The largest absolute Gasteiger partial charge is 0.503 e. The first-order valence-electron chi connectivity index (χ1n) is 25.3. The smallest absolute Gasteiger partial charge is 0.184 e. The summed E-state index contributed by atoms with van der Waals surface area (Å²) in [5.74, 6) is 5.51. The van der Waals surface area contributed by atoms with Gasteiger partial charge >= 0.3 is 0 Å². The number of hydrogen-bond donors (Lipinski definition) is 0. The monoisotopic (exact) mass is 1110 g/mol. The first-order chi connectivity index (χ1) is 33.9. The van der Waals surface area contributed by atoms with E-state index in [1.54, 1.807) is 0 Å². The van der Waals surface area contributed by atoms with Crippen LogP contribution in [-0.4, -0.2) is 24.9 Å². The topological polar surface area (TPSA) is 42.8 Å². The van der Waals surface area contributed by atoms with Crippen molar-refractivity contribution in [2.24, 2.45) is 17.8 Å². The minimum atomic E-state index is -0.287. The molecule has 2 aliphatic heterocycles. The first-order valence-corrected chi connectivity index (χ1v) is 25.3. The van der Waals surface area contributed by atoms with E-state index in [4.69, 9.17) is 14.5 Å². The van der Waals surface area contributed by atoms with E-state index in [-0.39, 0.29) is 32.0 Å². The summed E-state index contributed by atoms with van der Waals surface area (Å²) in [4.78, 5) is 9.54. The molecule has 4 saturated carbocycles. The second-order valence-electron chi connectivity index (χ2n) is 22.8. The van der Waals surface area contributed by atoms with Gasteiger partial charge in [0.05, 0.1) is 12.0 Å². The molecule has 0 N–H and O–H groups in total. The molecule has 360 valence electrons. The summed E-state index contributed by atoms with van der Waals surface area (Å²) in [5.41, 5.74) is 13.3. The van der Waals surface area contributed by atoms with Crippen LogP contribution >= 0.6 is 0 Å².